The number of aryl methyl sites for hydroxylation is 1. The smallest absolute Gasteiger partial charge is 0.226 e. The van der Waals surface area contributed by atoms with E-state index in [4.69, 9.17) is 4.74 Å². The average molecular weight is 358 g/mol. The minimum Gasteiger partial charge on any atom is -0.455 e. The first-order valence-electron chi connectivity index (χ1n) is 8.65. The third-order valence-corrected chi connectivity index (χ3v) is 4.12. The molecule has 0 unspecified atom stereocenters. The molecule has 2 heterocycles. The number of nitrogens with one attached hydrogen (secondary N) is 1. The minimum atomic E-state index is -0.0457. The van der Waals surface area contributed by atoms with Crippen LogP contribution in [0.5, 0.6) is 11.5 Å². The summed E-state index contributed by atoms with van der Waals surface area (Å²) in [4.78, 5) is 20.4. The van der Waals surface area contributed by atoms with Gasteiger partial charge < -0.3 is 14.6 Å². The SMILES string of the molecule is O=C(CCn1ccnc1)Nc1ccc(Oc2cccc3cccnc23)cc1. The number of hydrogen-bond acceptors (Lipinski definition) is 4. The quantitative estimate of drug-likeness (QED) is 0.559. The van der Waals surface area contributed by atoms with Gasteiger partial charge in [-0.15, -0.1) is 0 Å². The second kappa shape index (κ2) is 7.70. The maximum atomic E-state index is 12.0. The number of carbonyl (C=O) groups is 1. The van der Waals surface area contributed by atoms with Crippen LogP contribution in [0.1, 0.15) is 6.42 Å². The third kappa shape index (κ3) is 4.12. The molecule has 4 aromatic rings. The number of ether oxygens (including phenoxy) is 1. The zero-order valence-electron chi connectivity index (χ0n) is 14.6. The molecule has 0 aliphatic heterocycles. The molecule has 2 aromatic carbocycles. The van der Waals surface area contributed by atoms with E-state index in [0.717, 1.165) is 16.6 Å². The molecule has 27 heavy (non-hydrogen) atoms. The lowest BCUT2D eigenvalue weighted by molar-refractivity contribution is -0.116. The number of nitrogens with zero attached hydrogens (tertiary/aromatic N) is 3. The predicted molar refractivity (Wildman–Crippen MR) is 104 cm³/mol. The molecule has 134 valence electrons. The summed E-state index contributed by atoms with van der Waals surface area (Å²) in [6.07, 6.45) is 7.36. The van der Waals surface area contributed by atoms with Crippen molar-refractivity contribution in [3.05, 3.63) is 79.5 Å². The highest BCUT2D eigenvalue weighted by Crippen LogP contribution is 2.28. The Kier molecular flexibility index (Phi) is 4.78. The van der Waals surface area contributed by atoms with Crippen LogP contribution in [-0.2, 0) is 11.3 Å². The van der Waals surface area contributed by atoms with Gasteiger partial charge in [0.2, 0.25) is 5.91 Å². The largest absolute Gasteiger partial charge is 0.455 e. The maximum absolute atomic E-state index is 12.0. The van der Waals surface area contributed by atoms with Crippen LogP contribution in [0.25, 0.3) is 10.9 Å². The van der Waals surface area contributed by atoms with E-state index in [-0.39, 0.29) is 5.91 Å². The topological polar surface area (TPSA) is 69.0 Å². The minimum absolute atomic E-state index is 0.0457. The molecule has 0 spiro atoms. The fourth-order valence-electron chi connectivity index (χ4n) is 2.76. The van der Waals surface area contributed by atoms with E-state index in [1.165, 1.54) is 0 Å². The van der Waals surface area contributed by atoms with Crippen LogP contribution in [0.3, 0.4) is 0 Å². The number of benzene rings is 2. The first-order valence-corrected chi connectivity index (χ1v) is 8.65. The van der Waals surface area contributed by atoms with E-state index in [1.54, 1.807) is 18.7 Å². The zero-order valence-corrected chi connectivity index (χ0v) is 14.6. The number of imidazole rings is 1. The maximum Gasteiger partial charge on any atom is 0.226 e. The van der Waals surface area contributed by atoms with E-state index in [1.807, 2.05) is 65.4 Å². The summed E-state index contributed by atoms with van der Waals surface area (Å²) in [6.45, 7) is 0.598. The first kappa shape index (κ1) is 16.8. The highest BCUT2D eigenvalue weighted by atomic mass is 16.5. The summed E-state index contributed by atoms with van der Waals surface area (Å²) in [6, 6.07) is 17.0. The van der Waals surface area contributed by atoms with Crippen molar-refractivity contribution in [1.29, 1.82) is 0 Å². The molecule has 1 N–H and O–H groups in total. The number of para-hydroxylation sites is 1. The van der Waals surface area contributed by atoms with Crippen LogP contribution in [-0.4, -0.2) is 20.4 Å². The molecule has 0 fully saturated rings. The van der Waals surface area contributed by atoms with Crippen LogP contribution in [0.15, 0.2) is 79.5 Å². The second-order valence-corrected chi connectivity index (χ2v) is 6.06. The molecule has 1 amide bonds. The Morgan fingerprint density at radius 1 is 1.04 bits per heavy atom. The number of amides is 1. The van der Waals surface area contributed by atoms with Crippen LogP contribution in [0, 0.1) is 0 Å². The van der Waals surface area contributed by atoms with Gasteiger partial charge in [0, 0.05) is 42.6 Å². The van der Waals surface area contributed by atoms with Gasteiger partial charge in [-0.05, 0) is 36.4 Å². The van der Waals surface area contributed by atoms with Crippen molar-refractivity contribution in [3.63, 3.8) is 0 Å². The number of hydrogen-bond donors (Lipinski definition) is 1. The molecule has 0 bridgehead atoms. The standard InChI is InChI=1S/C21H18N4O2/c26-20(10-13-25-14-12-22-15-25)24-17-6-8-18(9-7-17)27-19-5-1-3-16-4-2-11-23-21(16)19/h1-9,11-12,14-15H,10,13H2,(H,24,26). The molecule has 0 radical (unpaired) electrons. The first-order chi connectivity index (χ1) is 13.3. The summed E-state index contributed by atoms with van der Waals surface area (Å²) in [5.41, 5.74) is 1.55. The van der Waals surface area contributed by atoms with Crippen molar-refractivity contribution in [1.82, 2.24) is 14.5 Å². The van der Waals surface area contributed by atoms with Crippen molar-refractivity contribution >= 4 is 22.5 Å². The molecular formula is C21H18N4O2. The molecule has 0 aliphatic carbocycles. The predicted octanol–water partition coefficient (Wildman–Crippen LogP) is 4.25. The molecular weight excluding hydrogens is 340 g/mol. The van der Waals surface area contributed by atoms with Crippen LogP contribution < -0.4 is 10.1 Å². The van der Waals surface area contributed by atoms with E-state index >= 15 is 0 Å². The molecule has 0 saturated heterocycles. The van der Waals surface area contributed by atoms with Gasteiger partial charge in [0.25, 0.3) is 0 Å². The number of anilines is 1. The lowest BCUT2D eigenvalue weighted by atomic mass is 10.2. The van der Waals surface area contributed by atoms with Gasteiger partial charge in [0.15, 0.2) is 5.75 Å². The average Bonchev–Trinajstić information content (AvgIpc) is 3.22. The molecule has 4 rings (SSSR count). The number of carbonyl (C=O) groups excluding carboxylic acids is 1. The Bertz CT molecular complexity index is 1040. The van der Waals surface area contributed by atoms with Gasteiger partial charge in [-0.25, -0.2) is 4.98 Å². The molecule has 6 heteroatoms. The summed E-state index contributed by atoms with van der Waals surface area (Å²) in [5.74, 6) is 1.34. The fourth-order valence-corrected chi connectivity index (χ4v) is 2.76. The molecule has 0 aliphatic rings. The molecule has 0 atom stereocenters. The van der Waals surface area contributed by atoms with Gasteiger partial charge in [0.05, 0.1) is 6.33 Å². The summed E-state index contributed by atoms with van der Waals surface area (Å²) in [5, 5.41) is 3.91. The monoisotopic (exact) mass is 358 g/mol. The fraction of sp³-hybridized carbons (Fsp3) is 0.0952. The summed E-state index contributed by atoms with van der Waals surface area (Å²) in [7, 11) is 0. The van der Waals surface area contributed by atoms with Crippen LogP contribution >= 0.6 is 0 Å². The van der Waals surface area contributed by atoms with E-state index in [9.17, 15) is 4.79 Å². The number of fused-ring (bicyclic) bond motifs is 1. The number of aromatic nitrogens is 3. The normalized spacial score (nSPS) is 10.7. The van der Waals surface area contributed by atoms with E-state index in [2.05, 4.69) is 15.3 Å². The van der Waals surface area contributed by atoms with Gasteiger partial charge in [-0.3, -0.25) is 9.78 Å². The molecule has 0 saturated carbocycles. The lowest BCUT2D eigenvalue weighted by Gasteiger charge is -2.10. The zero-order chi connectivity index (χ0) is 18.5. The van der Waals surface area contributed by atoms with Crippen molar-refractivity contribution in [2.75, 3.05) is 5.32 Å². The highest BCUT2D eigenvalue weighted by Gasteiger charge is 2.06. The molecule has 2 aromatic heterocycles. The lowest BCUT2D eigenvalue weighted by Crippen LogP contribution is -2.13. The van der Waals surface area contributed by atoms with Gasteiger partial charge >= 0.3 is 0 Å². The Labute approximate surface area is 156 Å². The van der Waals surface area contributed by atoms with E-state index in [0.29, 0.717) is 24.5 Å². The Morgan fingerprint density at radius 3 is 2.70 bits per heavy atom. The second-order valence-electron chi connectivity index (χ2n) is 6.06. The van der Waals surface area contributed by atoms with Crippen molar-refractivity contribution in [2.45, 2.75) is 13.0 Å². The van der Waals surface area contributed by atoms with Crippen molar-refractivity contribution < 1.29 is 9.53 Å². The van der Waals surface area contributed by atoms with Gasteiger partial charge in [-0.1, -0.05) is 18.2 Å². The number of rotatable bonds is 6. The van der Waals surface area contributed by atoms with Crippen LogP contribution in [0.4, 0.5) is 5.69 Å². The Morgan fingerprint density at radius 2 is 1.89 bits per heavy atom. The van der Waals surface area contributed by atoms with Crippen LogP contribution in [0.2, 0.25) is 0 Å². The summed E-state index contributed by atoms with van der Waals surface area (Å²) < 4.78 is 7.83. The Balaban J connectivity index is 1.39. The highest BCUT2D eigenvalue weighted by molar-refractivity contribution is 5.90. The Hall–Kier alpha value is -3.67. The van der Waals surface area contributed by atoms with Crippen molar-refractivity contribution in [2.24, 2.45) is 0 Å². The third-order valence-electron chi connectivity index (χ3n) is 4.12. The number of pyridine rings is 1. The van der Waals surface area contributed by atoms with Crippen molar-refractivity contribution in [3.8, 4) is 11.5 Å². The molecule has 6 nitrogen and oxygen atoms in total. The summed E-state index contributed by atoms with van der Waals surface area (Å²) >= 11 is 0. The van der Waals surface area contributed by atoms with Gasteiger partial charge in [0.1, 0.15) is 11.3 Å². The van der Waals surface area contributed by atoms with Gasteiger partial charge in [-0.2, -0.15) is 0 Å². The van der Waals surface area contributed by atoms with E-state index < -0.39 is 0 Å².